The third-order valence-electron chi connectivity index (χ3n) is 7.66. The second-order valence-electron chi connectivity index (χ2n) is 10.4. The van der Waals surface area contributed by atoms with Gasteiger partial charge in [0, 0.05) is 12.5 Å². The third kappa shape index (κ3) is 5.67. The van der Waals surface area contributed by atoms with Crippen LogP contribution >= 0.6 is 0 Å². The van der Waals surface area contributed by atoms with Gasteiger partial charge in [-0.3, -0.25) is 20.4 Å². The zero-order valence-electron chi connectivity index (χ0n) is 19.5. The van der Waals surface area contributed by atoms with Gasteiger partial charge in [-0.2, -0.15) is 0 Å². The molecule has 8 nitrogen and oxygen atoms in total. The Labute approximate surface area is 205 Å². The first kappa shape index (κ1) is 23.8. The van der Waals surface area contributed by atoms with Crippen molar-refractivity contribution in [1.29, 1.82) is 0 Å². The van der Waals surface area contributed by atoms with Crippen LogP contribution in [-0.2, 0) is 26.2 Å². The van der Waals surface area contributed by atoms with Gasteiger partial charge in [0.2, 0.25) is 15.9 Å². The van der Waals surface area contributed by atoms with Crippen LogP contribution in [0.3, 0.4) is 0 Å². The molecule has 186 valence electrons. The Balaban J connectivity index is 1.09. The molecular formula is C26H31N3O5S. The SMILES string of the molecule is O=C(/C=C/c1ccc(S(=O)(=O)NCc2ccco2)cc1)NNC(=O)CC12CC3CC(CC(C3)C1)C2. The maximum atomic E-state index is 12.5. The summed E-state index contributed by atoms with van der Waals surface area (Å²) in [6, 6.07) is 9.53. The van der Waals surface area contributed by atoms with E-state index < -0.39 is 15.9 Å². The van der Waals surface area contributed by atoms with Crippen molar-refractivity contribution in [2.45, 2.75) is 56.4 Å². The zero-order chi connectivity index (χ0) is 24.5. The van der Waals surface area contributed by atoms with E-state index in [-0.39, 0.29) is 22.8 Å². The normalized spacial score (nSPS) is 27.3. The van der Waals surface area contributed by atoms with E-state index in [4.69, 9.17) is 4.42 Å². The van der Waals surface area contributed by atoms with Crippen molar-refractivity contribution >= 4 is 27.9 Å². The van der Waals surface area contributed by atoms with Crippen LogP contribution in [0, 0.1) is 23.2 Å². The number of carbonyl (C=O) groups excluding carboxylic acids is 2. The number of sulfonamides is 1. The molecule has 1 aromatic carbocycles. The number of carbonyl (C=O) groups is 2. The number of amides is 2. The molecule has 6 rings (SSSR count). The summed E-state index contributed by atoms with van der Waals surface area (Å²) in [6.45, 7) is 0.0613. The van der Waals surface area contributed by atoms with E-state index in [2.05, 4.69) is 15.6 Å². The van der Waals surface area contributed by atoms with Gasteiger partial charge in [-0.25, -0.2) is 13.1 Å². The van der Waals surface area contributed by atoms with Gasteiger partial charge in [0.05, 0.1) is 17.7 Å². The quantitative estimate of drug-likeness (QED) is 0.381. The van der Waals surface area contributed by atoms with Crippen LogP contribution in [0.5, 0.6) is 0 Å². The van der Waals surface area contributed by atoms with Crippen LogP contribution in [0.15, 0.2) is 58.1 Å². The summed E-state index contributed by atoms with van der Waals surface area (Å²) in [5, 5.41) is 0. The number of nitrogens with one attached hydrogen (secondary N) is 3. The standard InChI is InChI=1S/C26H31N3O5S/c30-24(28-29-25(31)16-26-13-19-10-20(14-26)12-21(11-19)15-26)8-5-18-3-6-23(7-4-18)35(32,33)27-17-22-2-1-9-34-22/h1-9,19-21,27H,10-17H2,(H,28,30)(H,29,31)/b8-5+. The van der Waals surface area contributed by atoms with Gasteiger partial charge in [-0.15, -0.1) is 0 Å². The lowest BCUT2D eigenvalue weighted by Gasteiger charge is -2.56. The van der Waals surface area contributed by atoms with E-state index in [0.29, 0.717) is 17.7 Å². The molecule has 4 aliphatic rings. The smallest absolute Gasteiger partial charge is 0.262 e. The largest absolute Gasteiger partial charge is 0.468 e. The molecule has 0 saturated heterocycles. The van der Waals surface area contributed by atoms with Gasteiger partial charge in [-0.05, 0) is 97.6 Å². The Kier molecular flexibility index (Phi) is 6.55. The zero-order valence-corrected chi connectivity index (χ0v) is 20.4. The third-order valence-corrected chi connectivity index (χ3v) is 9.08. The van der Waals surface area contributed by atoms with Gasteiger partial charge in [0.1, 0.15) is 5.76 Å². The number of hydrazine groups is 1. The van der Waals surface area contributed by atoms with Crippen molar-refractivity contribution in [1.82, 2.24) is 15.6 Å². The monoisotopic (exact) mass is 497 g/mol. The van der Waals surface area contributed by atoms with E-state index in [1.54, 1.807) is 30.3 Å². The number of rotatable bonds is 8. The number of furan rings is 1. The lowest BCUT2D eigenvalue weighted by Crippen LogP contribution is -2.49. The van der Waals surface area contributed by atoms with Crippen molar-refractivity contribution in [2.75, 3.05) is 0 Å². The molecule has 4 fully saturated rings. The van der Waals surface area contributed by atoms with Crippen LogP contribution in [0.2, 0.25) is 0 Å². The molecule has 3 N–H and O–H groups in total. The van der Waals surface area contributed by atoms with Crippen LogP contribution < -0.4 is 15.6 Å². The average Bonchev–Trinajstić information content (AvgIpc) is 3.33. The Hall–Kier alpha value is -2.91. The molecule has 4 saturated carbocycles. The van der Waals surface area contributed by atoms with E-state index in [1.807, 2.05) is 0 Å². The van der Waals surface area contributed by atoms with Crippen molar-refractivity contribution in [3.63, 3.8) is 0 Å². The predicted molar refractivity (Wildman–Crippen MR) is 130 cm³/mol. The fourth-order valence-corrected chi connectivity index (χ4v) is 7.65. The summed E-state index contributed by atoms with van der Waals surface area (Å²) < 4.78 is 32.4. The van der Waals surface area contributed by atoms with Gasteiger partial charge < -0.3 is 4.42 Å². The Bertz CT molecular complexity index is 1170. The molecule has 0 spiro atoms. The molecule has 2 aromatic rings. The van der Waals surface area contributed by atoms with Gasteiger partial charge in [-0.1, -0.05) is 12.1 Å². The minimum absolute atomic E-state index is 0.0613. The molecule has 35 heavy (non-hydrogen) atoms. The molecule has 0 atom stereocenters. The fraction of sp³-hybridized carbons (Fsp3) is 0.462. The summed E-state index contributed by atoms with van der Waals surface area (Å²) >= 11 is 0. The van der Waals surface area contributed by atoms with Crippen LogP contribution in [-0.4, -0.2) is 20.2 Å². The lowest BCUT2D eigenvalue weighted by atomic mass is 9.49. The Morgan fingerprint density at radius 2 is 1.63 bits per heavy atom. The summed E-state index contributed by atoms with van der Waals surface area (Å²) in [4.78, 5) is 24.8. The van der Waals surface area contributed by atoms with Gasteiger partial charge in [0.15, 0.2) is 0 Å². The Morgan fingerprint density at radius 1 is 0.971 bits per heavy atom. The predicted octanol–water partition coefficient (Wildman–Crippen LogP) is 3.53. The highest BCUT2D eigenvalue weighted by molar-refractivity contribution is 7.89. The average molecular weight is 498 g/mol. The highest BCUT2D eigenvalue weighted by atomic mass is 32.2. The van der Waals surface area contributed by atoms with Crippen molar-refractivity contribution in [2.24, 2.45) is 23.2 Å². The fourth-order valence-electron chi connectivity index (χ4n) is 6.66. The highest BCUT2D eigenvalue weighted by Gasteiger charge is 2.51. The molecule has 0 radical (unpaired) electrons. The van der Waals surface area contributed by atoms with E-state index in [1.165, 1.54) is 43.7 Å². The minimum atomic E-state index is -3.68. The molecule has 4 aliphatic carbocycles. The number of benzene rings is 1. The summed E-state index contributed by atoms with van der Waals surface area (Å²) in [6.07, 6.45) is 12.3. The summed E-state index contributed by atoms with van der Waals surface area (Å²) in [5.41, 5.74) is 5.80. The molecule has 4 bridgehead atoms. The van der Waals surface area contributed by atoms with E-state index >= 15 is 0 Å². The van der Waals surface area contributed by atoms with Gasteiger partial charge in [0.25, 0.3) is 5.91 Å². The molecule has 1 aromatic heterocycles. The topological polar surface area (TPSA) is 118 Å². The summed E-state index contributed by atoms with van der Waals surface area (Å²) in [5.74, 6) is 2.27. The second kappa shape index (κ2) is 9.62. The molecular weight excluding hydrogens is 466 g/mol. The van der Waals surface area contributed by atoms with Crippen LogP contribution in [0.1, 0.15) is 56.3 Å². The van der Waals surface area contributed by atoms with E-state index in [0.717, 1.165) is 37.0 Å². The van der Waals surface area contributed by atoms with E-state index in [9.17, 15) is 18.0 Å². The van der Waals surface area contributed by atoms with Crippen molar-refractivity contribution < 1.29 is 22.4 Å². The molecule has 0 unspecified atom stereocenters. The molecule has 2 amide bonds. The van der Waals surface area contributed by atoms with Crippen molar-refractivity contribution in [3.05, 3.63) is 60.1 Å². The maximum absolute atomic E-state index is 12.5. The first-order chi connectivity index (χ1) is 16.8. The van der Waals surface area contributed by atoms with Crippen LogP contribution in [0.4, 0.5) is 0 Å². The summed E-state index contributed by atoms with van der Waals surface area (Å²) in [7, 11) is -3.68. The van der Waals surface area contributed by atoms with Crippen molar-refractivity contribution in [3.8, 4) is 0 Å². The van der Waals surface area contributed by atoms with Crippen LogP contribution in [0.25, 0.3) is 6.08 Å². The highest BCUT2D eigenvalue weighted by Crippen LogP contribution is 2.61. The molecule has 9 heteroatoms. The second-order valence-corrected chi connectivity index (χ2v) is 12.2. The number of hydrogen-bond donors (Lipinski definition) is 3. The Morgan fingerprint density at radius 3 is 2.23 bits per heavy atom. The number of hydrogen-bond acceptors (Lipinski definition) is 5. The van der Waals surface area contributed by atoms with Gasteiger partial charge >= 0.3 is 0 Å². The first-order valence-corrected chi connectivity index (χ1v) is 13.7. The minimum Gasteiger partial charge on any atom is -0.468 e. The first-order valence-electron chi connectivity index (χ1n) is 12.2. The molecule has 1 heterocycles. The molecule has 0 aliphatic heterocycles. The maximum Gasteiger partial charge on any atom is 0.262 e. The lowest BCUT2D eigenvalue weighted by molar-refractivity contribution is -0.133.